The van der Waals surface area contributed by atoms with Crippen molar-refractivity contribution < 1.29 is 4.39 Å². The number of anilines is 2. The van der Waals surface area contributed by atoms with Crippen molar-refractivity contribution in [3.63, 3.8) is 0 Å². The van der Waals surface area contributed by atoms with Crippen LogP contribution < -0.4 is 11.1 Å². The van der Waals surface area contributed by atoms with Gasteiger partial charge in [-0.1, -0.05) is 26.0 Å². The lowest BCUT2D eigenvalue weighted by molar-refractivity contribution is 0.627. The summed E-state index contributed by atoms with van der Waals surface area (Å²) in [7, 11) is 0. The van der Waals surface area contributed by atoms with E-state index in [0.717, 1.165) is 23.6 Å². The van der Waals surface area contributed by atoms with E-state index in [1.165, 1.54) is 12.1 Å². The van der Waals surface area contributed by atoms with Crippen molar-refractivity contribution in [2.45, 2.75) is 26.2 Å². The van der Waals surface area contributed by atoms with Gasteiger partial charge in [0.15, 0.2) is 0 Å². The van der Waals surface area contributed by atoms with Crippen LogP contribution in [-0.4, -0.2) is 16.5 Å². The van der Waals surface area contributed by atoms with E-state index in [1.807, 2.05) is 13.8 Å². The average Bonchev–Trinajstić information content (AvgIpc) is 2.40. The van der Waals surface area contributed by atoms with Gasteiger partial charge in [-0.2, -0.15) is 0 Å². The van der Waals surface area contributed by atoms with Crippen LogP contribution in [-0.2, 0) is 6.42 Å². The van der Waals surface area contributed by atoms with E-state index in [-0.39, 0.29) is 11.7 Å². The third-order valence-corrected chi connectivity index (χ3v) is 2.91. The number of nitrogens with one attached hydrogen (secondary N) is 1. The number of hydrogen-bond acceptors (Lipinski definition) is 4. The number of hydrogen-bond donors (Lipinski definition) is 2. The molecule has 0 saturated heterocycles. The summed E-state index contributed by atoms with van der Waals surface area (Å²) >= 11 is 0. The van der Waals surface area contributed by atoms with Crippen molar-refractivity contribution in [3.8, 4) is 0 Å². The number of nitrogens with two attached hydrogens (primary N) is 1. The molecule has 0 atom stereocenters. The fourth-order valence-corrected chi connectivity index (χ4v) is 1.82. The summed E-state index contributed by atoms with van der Waals surface area (Å²) in [4.78, 5) is 8.61. The van der Waals surface area contributed by atoms with E-state index >= 15 is 0 Å². The van der Waals surface area contributed by atoms with E-state index in [2.05, 4.69) is 15.3 Å². The zero-order chi connectivity index (χ0) is 14.5. The van der Waals surface area contributed by atoms with Gasteiger partial charge in [-0.3, -0.25) is 0 Å². The van der Waals surface area contributed by atoms with Crippen LogP contribution in [0.2, 0.25) is 0 Å². The molecule has 4 nitrogen and oxygen atoms in total. The van der Waals surface area contributed by atoms with Crippen molar-refractivity contribution in [1.82, 2.24) is 9.97 Å². The first-order valence-electron chi connectivity index (χ1n) is 6.67. The predicted octanol–water partition coefficient (Wildman–Crippen LogP) is 2.98. The lowest BCUT2D eigenvalue weighted by Crippen LogP contribution is -2.10. The van der Waals surface area contributed by atoms with E-state index in [9.17, 15) is 4.39 Å². The van der Waals surface area contributed by atoms with Gasteiger partial charge in [-0.15, -0.1) is 0 Å². The molecule has 0 aliphatic rings. The highest BCUT2D eigenvalue weighted by Crippen LogP contribution is 2.15. The number of benzene rings is 1. The van der Waals surface area contributed by atoms with Gasteiger partial charge < -0.3 is 11.1 Å². The second kappa shape index (κ2) is 6.32. The van der Waals surface area contributed by atoms with E-state index < -0.39 is 0 Å². The molecule has 0 radical (unpaired) electrons. The van der Waals surface area contributed by atoms with Gasteiger partial charge in [0, 0.05) is 18.5 Å². The summed E-state index contributed by atoms with van der Waals surface area (Å²) in [5.74, 6) is 1.94. The number of rotatable bonds is 5. The molecule has 20 heavy (non-hydrogen) atoms. The van der Waals surface area contributed by atoms with Crippen LogP contribution in [0.3, 0.4) is 0 Å². The second-order valence-electron chi connectivity index (χ2n) is 4.99. The minimum atomic E-state index is -0.216. The molecular formula is C15H19FN4. The molecule has 0 amide bonds. The van der Waals surface area contributed by atoms with E-state index in [1.54, 1.807) is 18.2 Å². The summed E-state index contributed by atoms with van der Waals surface area (Å²) in [6.07, 6.45) is 0.793. The molecule has 0 fully saturated rings. The van der Waals surface area contributed by atoms with Gasteiger partial charge in [-0.05, 0) is 24.1 Å². The topological polar surface area (TPSA) is 63.8 Å². The van der Waals surface area contributed by atoms with E-state index in [4.69, 9.17) is 5.73 Å². The summed E-state index contributed by atoms with van der Waals surface area (Å²) < 4.78 is 12.8. The molecule has 2 aromatic rings. The average molecular weight is 274 g/mol. The van der Waals surface area contributed by atoms with Crippen LogP contribution in [0.1, 0.15) is 31.2 Å². The lowest BCUT2D eigenvalue weighted by atomic mass is 10.1. The number of nitrogen functional groups attached to an aromatic ring is 1. The fourth-order valence-electron chi connectivity index (χ4n) is 1.82. The molecule has 2 rings (SSSR count). The van der Waals surface area contributed by atoms with Crippen molar-refractivity contribution in [2.75, 3.05) is 17.6 Å². The molecule has 106 valence electrons. The first-order chi connectivity index (χ1) is 9.54. The van der Waals surface area contributed by atoms with Crippen LogP contribution in [0.15, 0.2) is 30.3 Å². The van der Waals surface area contributed by atoms with Gasteiger partial charge in [0.05, 0.1) is 0 Å². The predicted molar refractivity (Wildman–Crippen MR) is 79.1 cm³/mol. The van der Waals surface area contributed by atoms with Crippen molar-refractivity contribution >= 4 is 11.6 Å². The summed E-state index contributed by atoms with van der Waals surface area (Å²) in [5, 5.41) is 3.22. The van der Waals surface area contributed by atoms with Crippen molar-refractivity contribution in [1.29, 1.82) is 0 Å². The molecule has 3 N–H and O–H groups in total. The Labute approximate surface area is 118 Å². The Hall–Kier alpha value is -2.17. The number of aromatic nitrogens is 2. The molecule has 0 bridgehead atoms. The zero-order valence-electron chi connectivity index (χ0n) is 11.7. The number of halogens is 1. The third kappa shape index (κ3) is 3.91. The lowest BCUT2D eigenvalue weighted by Gasteiger charge is -2.10. The highest BCUT2D eigenvalue weighted by molar-refractivity contribution is 5.45. The molecule has 1 heterocycles. The first kappa shape index (κ1) is 14.2. The summed E-state index contributed by atoms with van der Waals surface area (Å²) in [5.41, 5.74) is 6.84. The quantitative estimate of drug-likeness (QED) is 0.879. The van der Waals surface area contributed by atoms with Crippen LogP contribution in [0, 0.1) is 5.82 Å². The smallest absolute Gasteiger partial charge is 0.135 e. The fraction of sp³-hybridized carbons (Fsp3) is 0.333. The van der Waals surface area contributed by atoms with Crippen LogP contribution >= 0.6 is 0 Å². The molecule has 0 aliphatic heterocycles. The van der Waals surface area contributed by atoms with Gasteiger partial charge >= 0.3 is 0 Å². The van der Waals surface area contributed by atoms with Gasteiger partial charge in [0.2, 0.25) is 0 Å². The van der Waals surface area contributed by atoms with Crippen molar-refractivity contribution in [3.05, 3.63) is 47.5 Å². The minimum absolute atomic E-state index is 0.216. The summed E-state index contributed by atoms with van der Waals surface area (Å²) in [6.45, 7) is 4.76. The maximum absolute atomic E-state index is 12.8. The van der Waals surface area contributed by atoms with Gasteiger partial charge in [-0.25, -0.2) is 14.4 Å². The normalized spacial score (nSPS) is 10.8. The Morgan fingerprint density at radius 1 is 1.20 bits per heavy atom. The molecule has 0 spiro atoms. The molecular weight excluding hydrogens is 255 g/mol. The molecule has 0 unspecified atom stereocenters. The largest absolute Gasteiger partial charge is 0.384 e. The monoisotopic (exact) mass is 274 g/mol. The Balaban J connectivity index is 1.95. The van der Waals surface area contributed by atoms with Crippen molar-refractivity contribution in [2.24, 2.45) is 0 Å². The Morgan fingerprint density at radius 2 is 1.90 bits per heavy atom. The van der Waals surface area contributed by atoms with Crippen LogP contribution in [0.5, 0.6) is 0 Å². The Kier molecular flexibility index (Phi) is 4.50. The Bertz CT molecular complexity index is 567. The van der Waals surface area contributed by atoms with Crippen LogP contribution in [0.25, 0.3) is 0 Å². The van der Waals surface area contributed by atoms with E-state index in [0.29, 0.717) is 12.4 Å². The maximum atomic E-state index is 12.8. The second-order valence-corrected chi connectivity index (χ2v) is 4.99. The van der Waals surface area contributed by atoms with Gasteiger partial charge in [0.1, 0.15) is 23.3 Å². The highest BCUT2D eigenvalue weighted by atomic mass is 19.1. The Morgan fingerprint density at radius 3 is 2.55 bits per heavy atom. The maximum Gasteiger partial charge on any atom is 0.135 e. The molecule has 0 saturated carbocycles. The first-order valence-corrected chi connectivity index (χ1v) is 6.67. The number of nitrogens with zero attached hydrogens (tertiary/aromatic N) is 2. The highest BCUT2D eigenvalue weighted by Gasteiger charge is 2.06. The van der Waals surface area contributed by atoms with Crippen LogP contribution in [0.4, 0.5) is 16.0 Å². The van der Waals surface area contributed by atoms with Gasteiger partial charge in [0.25, 0.3) is 0 Å². The SMILES string of the molecule is CC(C)c1nc(N)cc(NCCc2ccc(F)cc2)n1. The molecule has 1 aromatic heterocycles. The zero-order valence-corrected chi connectivity index (χ0v) is 11.7. The molecule has 5 heteroatoms. The minimum Gasteiger partial charge on any atom is -0.384 e. The molecule has 1 aromatic carbocycles. The summed E-state index contributed by atoms with van der Waals surface area (Å²) in [6, 6.07) is 8.22. The molecule has 0 aliphatic carbocycles. The third-order valence-electron chi connectivity index (χ3n) is 2.91. The standard InChI is InChI=1S/C15H19FN4/c1-10(2)15-19-13(17)9-14(20-15)18-8-7-11-3-5-12(16)6-4-11/h3-6,9-10H,7-8H2,1-2H3,(H3,17,18,19,20).